The number of benzene rings is 1. The van der Waals surface area contributed by atoms with Gasteiger partial charge in [0.05, 0.1) is 12.2 Å². The fraction of sp³-hybridized carbons (Fsp3) is 0.278. The topological polar surface area (TPSA) is 112 Å². The fourth-order valence-corrected chi connectivity index (χ4v) is 3.07. The molecule has 0 saturated heterocycles. The third-order valence-corrected chi connectivity index (χ3v) is 4.46. The molecule has 1 aromatic heterocycles. The van der Waals surface area contributed by atoms with Gasteiger partial charge in [0.2, 0.25) is 0 Å². The van der Waals surface area contributed by atoms with Crippen LogP contribution in [0.1, 0.15) is 33.3 Å². The molecule has 0 aliphatic heterocycles. The monoisotopic (exact) mass is 374 g/mol. The fourth-order valence-electron chi connectivity index (χ4n) is 2.16. The number of anilines is 1. The minimum atomic E-state index is -0.628. The lowest BCUT2D eigenvalue weighted by molar-refractivity contribution is -0.147. The number of nitrogens with two attached hydrogens (primary N) is 1. The summed E-state index contributed by atoms with van der Waals surface area (Å²) in [6.07, 6.45) is 0. The number of esters is 2. The van der Waals surface area contributed by atoms with Crippen molar-refractivity contribution in [3.05, 3.63) is 45.8 Å². The van der Waals surface area contributed by atoms with Crippen LogP contribution in [0.3, 0.4) is 0 Å². The average molecular weight is 374 g/mol. The highest BCUT2D eigenvalue weighted by atomic mass is 32.1. The van der Waals surface area contributed by atoms with Crippen LogP contribution in [0.15, 0.2) is 24.3 Å². The van der Waals surface area contributed by atoms with Gasteiger partial charge >= 0.3 is 11.9 Å². The molecule has 1 heterocycles. The van der Waals surface area contributed by atoms with Crippen molar-refractivity contribution in [2.24, 2.45) is 0 Å². The summed E-state index contributed by atoms with van der Waals surface area (Å²) >= 11 is 0.936. The molecule has 1 aromatic carbocycles. The lowest BCUT2D eigenvalue weighted by Crippen LogP contribution is -2.16. The molecule has 0 bridgehead atoms. The molecular weight excluding hydrogens is 356 g/mol. The molecule has 2 aromatic rings. The van der Waals surface area contributed by atoms with Gasteiger partial charge in [-0.2, -0.15) is 5.26 Å². The largest absolute Gasteiger partial charge is 0.482 e. The Morgan fingerprint density at radius 1 is 1.27 bits per heavy atom. The first kappa shape index (κ1) is 19.3. The summed E-state index contributed by atoms with van der Waals surface area (Å²) in [6.45, 7) is 3.16. The van der Waals surface area contributed by atoms with Crippen LogP contribution in [-0.4, -0.2) is 25.2 Å². The van der Waals surface area contributed by atoms with Crippen LogP contribution in [-0.2, 0) is 20.9 Å². The number of para-hydroxylation sites is 1. The third kappa shape index (κ3) is 4.52. The van der Waals surface area contributed by atoms with Gasteiger partial charge in [-0.15, -0.1) is 11.3 Å². The van der Waals surface area contributed by atoms with Crippen LogP contribution in [0.5, 0.6) is 5.75 Å². The summed E-state index contributed by atoms with van der Waals surface area (Å²) in [5.74, 6) is -0.654. The molecule has 0 amide bonds. The first-order valence-electron chi connectivity index (χ1n) is 7.80. The van der Waals surface area contributed by atoms with Crippen LogP contribution in [0, 0.1) is 18.3 Å². The van der Waals surface area contributed by atoms with Gasteiger partial charge in [-0.1, -0.05) is 18.2 Å². The highest BCUT2D eigenvalue weighted by Gasteiger charge is 2.24. The Morgan fingerprint density at radius 3 is 2.65 bits per heavy atom. The third-order valence-electron chi connectivity index (χ3n) is 3.42. The molecule has 0 fully saturated rings. The zero-order valence-corrected chi connectivity index (χ0v) is 15.2. The zero-order valence-electron chi connectivity index (χ0n) is 14.4. The normalized spacial score (nSPS) is 10.0. The van der Waals surface area contributed by atoms with Gasteiger partial charge in [-0.3, -0.25) is 0 Å². The smallest absolute Gasteiger partial charge is 0.348 e. The molecule has 0 radical (unpaired) electrons. The van der Waals surface area contributed by atoms with Crippen molar-refractivity contribution in [2.45, 2.75) is 20.5 Å². The lowest BCUT2D eigenvalue weighted by atomic mass is 10.1. The van der Waals surface area contributed by atoms with E-state index in [0.717, 1.165) is 16.9 Å². The predicted molar refractivity (Wildman–Crippen MR) is 95.9 cm³/mol. The maximum atomic E-state index is 12.0. The van der Waals surface area contributed by atoms with Crippen molar-refractivity contribution in [3.8, 4) is 11.8 Å². The summed E-state index contributed by atoms with van der Waals surface area (Å²) in [5, 5.41) is 9.41. The van der Waals surface area contributed by atoms with E-state index in [4.69, 9.17) is 19.9 Å². The Labute approximate surface area is 154 Å². The van der Waals surface area contributed by atoms with Crippen molar-refractivity contribution in [1.82, 2.24) is 0 Å². The van der Waals surface area contributed by atoms with Gasteiger partial charge < -0.3 is 19.9 Å². The summed E-state index contributed by atoms with van der Waals surface area (Å²) in [5.41, 5.74) is 7.02. The molecule has 2 rings (SSSR count). The molecule has 136 valence electrons. The minimum absolute atomic E-state index is 0.116. The number of nitrogen functional groups attached to an aromatic ring is 1. The van der Waals surface area contributed by atoms with Gasteiger partial charge in [0.15, 0.2) is 6.61 Å². The number of nitriles is 1. The van der Waals surface area contributed by atoms with Gasteiger partial charge in [0, 0.05) is 5.56 Å². The maximum Gasteiger partial charge on any atom is 0.348 e. The van der Waals surface area contributed by atoms with Gasteiger partial charge in [0.1, 0.15) is 28.3 Å². The van der Waals surface area contributed by atoms with Crippen LogP contribution in [0.25, 0.3) is 0 Å². The molecular formula is C18H18N2O5S. The van der Waals surface area contributed by atoms with Crippen molar-refractivity contribution >= 4 is 28.3 Å². The van der Waals surface area contributed by atoms with E-state index in [1.165, 1.54) is 0 Å². The van der Waals surface area contributed by atoms with Gasteiger partial charge in [-0.05, 0) is 25.5 Å². The molecule has 0 unspecified atom stereocenters. The number of thiophene rings is 1. The summed E-state index contributed by atoms with van der Waals surface area (Å²) in [7, 11) is 0. The second-order valence-corrected chi connectivity index (χ2v) is 6.25. The number of nitrogens with zero attached hydrogens (tertiary/aromatic N) is 1. The molecule has 7 nitrogen and oxygen atoms in total. The van der Waals surface area contributed by atoms with E-state index in [1.807, 2.05) is 25.1 Å². The lowest BCUT2D eigenvalue weighted by Gasteiger charge is -2.09. The van der Waals surface area contributed by atoms with E-state index >= 15 is 0 Å². The Bertz CT molecular complexity index is 854. The molecule has 0 spiro atoms. The zero-order chi connectivity index (χ0) is 19.1. The predicted octanol–water partition coefficient (Wildman–Crippen LogP) is 2.81. The quantitative estimate of drug-likeness (QED) is 0.742. The number of aryl methyl sites for hydroxylation is 1. The molecule has 0 atom stereocenters. The van der Waals surface area contributed by atoms with E-state index in [2.05, 4.69) is 0 Å². The van der Waals surface area contributed by atoms with Crippen LogP contribution < -0.4 is 10.5 Å². The first-order valence-corrected chi connectivity index (χ1v) is 8.62. The van der Waals surface area contributed by atoms with Crippen molar-refractivity contribution in [2.75, 3.05) is 18.9 Å². The Morgan fingerprint density at radius 2 is 2.00 bits per heavy atom. The van der Waals surface area contributed by atoms with E-state index in [-0.39, 0.29) is 40.8 Å². The Balaban J connectivity index is 2.04. The number of hydrogen-bond donors (Lipinski definition) is 1. The van der Waals surface area contributed by atoms with E-state index in [0.29, 0.717) is 5.75 Å². The summed E-state index contributed by atoms with van der Waals surface area (Å²) in [6, 6.07) is 9.19. The Hall–Kier alpha value is -3.05. The average Bonchev–Trinajstić information content (AvgIpc) is 2.95. The second-order valence-electron chi connectivity index (χ2n) is 5.20. The summed E-state index contributed by atoms with van der Waals surface area (Å²) in [4.78, 5) is 24.1. The van der Waals surface area contributed by atoms with Crippen molar-refractivity contribution in [1.29, 1.82) is 5.26 Å². The van der Waals surface area contributed by atoms with Gasteiger partial charge in [0.25, 0.3) is 0 Å². The number of carbonyl (C=O) groups is 2. The molecule has 0 aliphatic rings. The standard InChI is InChI=1S/C18H18N2O5S/c1-3-23-18(22)16-13(12(8-19)17(20)26-16)9-25-15(21)10-24-14-7-5-4-6-11(14)2/h4-7H,3,9-10,20H2,1-2H3. The van der Waals surface area contributed by atoms with Crippen LogP contribution in [0.4, 0.5) is 5.00 Å². The maximum absolute atomic E-state index is 12.0. The Kier molecular flexibility index (Phi) is 6.58. The number of ether oxygens (including phenoxy) is 3. The van der Waals surface area contributed by atoms with E-state index in [1.54, 1.807) is 19.1 Å². The van der Waals surface area contributed by atoms with Crippen LogP contribution in [0.2, 0.25) is 0 Å². The summed E-state index contributed by atoms with van der Waals surface area (Å²) < 4.78 is 15.5. The van der Waals surface area contributed by atoms with Crippen molar-refractivity contribution < 1.29 is 23.8 Å². The van der Waals surface area contributed by atoms with Gasteiger partial charge in [-0.25, -0.2) is 9.59 Å². The van der Waals surface area contributed by atoms with E-state index < -0.39 is 11.9 Å². The van der Waals surface area contributed by atoms with Crippen LogP contribution >= 0.6 is 11.3 Å². The molecule has 8 heteroatoms. The minimum Gasteiger partial charge on any atom is -0.482 e. The highest BCUT2D eigenvalue weighted by Crippen LogP contribution is 2.31. The molecule has 0 saturated carbocycles. The highest BCUT2D eigenvalue weighted by molar-refractivity contribution is 7.18. The second kappa shape index (κ2) is 8.87. The SMILES string of the molecule is CCOC(=O)c1sc(N)c(C#N)c1COC(=O)COc1ccccc1C. The molecule has 2 N–H and O–H groups in total. The first-order chi connectivity index (χ1) is 12.5. The number of carbonyl (C=O) groups excluding carboxylic acids is 2. The van der Waals surface area contributed by atoms with E-state index in [9.17, 15) is 14.9 Å². The number of rotatable bonds is 7. The van der Waals surface area contributed by atoms with Crippen molar-refractivity contribution in [3.63, 3.8) is 0 Å². The molecule has 0 aliphatic carbocycles. The molecule has 26 heavy (non-hydrogen) atoms. The number of hydrogen-bond acceptors (Lipinski definition) is 8.